The largest absolute Gasteiger partial charge is 0.394 e. The summed E-state index contributed by atoms with van der Waals surface area (Å²) >= 11 is 6.01. The molecule has 0 fully saturated rings. The normalized spacial score (nSPS) is 12.6. The van der Waals surface area contributed by atoms with Crippen molar-refractivity contribution in [3.8, 4) is 0 Å². The van der Waals surface area contributed by atoms with Gasteiger partial charge in [0.1, 0.15) is 5.02 Å². The van der Waals surface area contributed by atoms with Crippen LogP contribution in [0.3, 0.4) is 0 Å². The van der Waals surface area contributed by atoms with Crippen LogP contribution in [0.2, 0.25) is 5.02 Å². The van der Waals surface area contributed by atoms with E-state index < -0.39 is 0 Å². The fraction of sp³-hybridized carbons (Fsp3) is 0.636. The molecule has 0 saturated carbocycles. The van der Waals surface area contributed by atoms with Crippen molar-refractivity contribution >= 4 is 23.4 Å². The second-order valence-corrected chi connectivity index (χ2v) is 4.51. The van der Waals surface area contributed by atoms with Crippen LogP contribution < -0.4 is 10.6 Å². The first-order chi connectivity index (χ1) is 8.08. The van der Waals surface area contributed by atoms with Crippen LogP contribution in [0.25, 0.3) is 0 Å². The summed E-state index contributed by atoms with van der Waals surface area (Å²) in [6, 6.07) is -0.0723. The molecule has 0 aliphatic rings. The van der Waals surface area contributed by atoms with Crippen LogP contribution in [-0.4, -0.2) is 34.3 Å². The first-order valence-electron chi connectivity index (χ1n) is 5.72. The van der Waals surface area contributed by atoms with E-state index in [0.717, 1.165) is 6.54 Å². The van der Waals surface area contributed by atoms with Crippen LogP contribution in [0.1, 0.15) is 20.8 Å². The molecule has 5 nitrogen and oxygen atoms in total. The van der Waals surface area contributed by atoms with Gasteiger partial charge in [0.2, 0.25) is 5.95 Å². The number of anilines is 2. The topological polar surface area (TPSA) is 70.1 Å². The van der Waals surface area contributed by atoms with Crippen molar-refractivity contribution < 1.29 is 5.11 Å². The Morgan fingerprint density at radius 2 is 2.18 bits per heavy atom. The fourth-order valence-electron chi connectivity index (χ4n) is 1.31. The Morgan fingerprint density at radius 3 is 2.71 bits per heavy atom. The Balaban J connectivity index is 2.84. The summed E-state index contributed by atoms with van der Waals surface area (Å²) in [5, 5.41) is 15.8. The minimum atomic E-state index is -0.0723. The van der Waals surface area contributed by atoms with Crippen molar-refractivity contribution in [1.29, 1.82) is 0 Å². The molecule has 96 valence electrons. The fourth-order valence-corrected chi connectivity index (χ4v) is 1.46. The molecule has 0 amide bonds. The maximum Gasteiger partial charge on any atom is 0.224 e. The number of nitrogens with one attached hydrogen (secondary N) is 2. The number of aliphatic hydroxyl groups excluding tert-OH is 1. The summed E-state index contributed by atoms with van der Waals surface area (Å²) in [6.45, 7) is 6.79. The Bertz CT molecular complexity index is 359. The van der Waals surface area contributed by atoms with Crippen LogP contribution >= 0.6 is 11.6 Å². The van der Waals surface area contributed by atoms with E-state index in [-0.39, 0.29) is 18.6 Å². The van der Waals surface area contributed by atoms with Gasteiger partial charge in [-0.3, -0.25) is 0 Å². The monoisotopic (exact) mass is 258 g/mol. The van der Waals surface area contributed by atoms with Crippen molar-refractivity contribution in [3.63, 3.8) is 0 Å². The minimum absolute atomic E-state index is 0.0362. The highest BCUT2D eigenvalue weighted by atomic mass is 35.5. The Labute approximate surface area is 107 Å². The predicted octanol–water partition coefficient (Wildman–Crippen LogP) is 1.99. The van der Waals surface area contributed by atoms with Crippen molar-refractivity contribution in [2.45, 2.75) is 26.8 Å². The molecule has 0 aliphatic carbocycles. The zero-order chi connectivity index (χ0) is 12.8. The average molecular weight is 259 g/mol. The lowest BCUT2D eigenvalue weighted by molar-refractivity contribution is 0.249. The van der Waals surface area contributed by atoms with E-state index in [4.69, 9.17) is 11.6 Å². The SMILES string of the molecule is CCNc1ncc(Cl)c(N[C@H](CO)C(C)C)n1. The maximum absolute atomic E-state index is 9.26. The van der Waals surface area contributed by atoms with E-state index in [1.807, 2.05) is 20.8 Å². The zero-order valence-electron chi connectivity index (χ0n) is 10.4. The predicted molar refractivity (Wildman–Crippen MR) is 70.5 cm³/mol. The number of hydrogen-bond donors (Lipinski definition) is 3. The van der Waals surface area contributed by atoms with Crippen molar-refractivity contribution in [3.05, 3.63) is 11.2 Å². The van der Waals surface area contributed by atoms with Gasteiger partial charge in [-0.05, 0) is 12.8 Å². The van der Waals surface area contributed by atoms with E-state index in [1.165, 1.54) is 0 Å². The molecule has 0 aromatic carbocycles. The number of halogens is 1. The molecule has 3 N–H and O–H groups in total. The summed E-state index contributed by atoms with van der Waals surface area (Å²) in [6.07, 6.45) is 1.55. The molecule has 0 bridgehead atoms. The van der Waals surface area contributed by atoms with Gasteiger partial charge < -0.3 is 15.7 Å². The summed E-state index contributed by atoms with van der Waals surface area (Å²) in [5.41, 5.74) is 0. The van der Waals surface area contributed by atoms with Crippen LogP contribution in [0, 0.1) is 5.92 Å². The van der Waals surface area contributed by atoms with Gasteiger partial charge in [-0.15, -0.1) is 0 Å². The van der Waals surface area contributed by atoms with E-state index >= 15 is 0 Å². The smallest absolute Gasteiger partial charge is 0.224 e. The molecular weight excluding hydrogens is 240 g/mol. The van der Waals surface area contributed by atoms with Crippen LogP contribution in [0.5, 0.6) is 0 Å². The van der Waals surface area contributed by atoms with E-state index in [2.05, 4.69) is 20.6 Å². The first-order valence-corrected chi connectivity index (χ1v) is 6.10. The Kier molecular flexibility index (Phi) is 5.44. The standard InChI is InChI=1S/C11H19ClN4O/c1-4-13-11-14-5-8(12)10(16-11)15-9(6-17)7(2)3/h5,7,9,17H,4,6H2,1-3H3,(H2,13,14,15,16)/t9-/m1/s1. The number of aliphatic hydroxyl groups is 1. The third kappa shape index (κ3) is 4.02. The molecule has 1 rings (SSSR count). The maximum atomic E-state index is 9.26. The second-order valence-electron chi connectivity index (χ2n) is 4.10. The molecule has 0 radical (unpaired) electrons. The van der Waals surface area contributed by atoms with E-state index in [1.54, 1.807) is 6.20 Å². The lowest BCUT2D eigenvalue weighted by Crippen LogP contribution is -2.30. The lowest BCUT2D eigenvalue weighted by atomic mass is 10.1. The summed E-state index contributed by atoms with van der Waals surface area (Å²) in [4.78, 5) is 8.31. The van der Waals surface area contributed by atoms with Gasteiger partial charge in [-0.25, -0.2) is 4.98 Å². The molecule has 0 aliphatic heterocycles. The van der Waals surface area contributed by atoms with E-state index in [0.29, 0.717) is 16.8 Å². The van der Waals surface area contributed by atoms with Crippen molar-refractivity contribution in [2.24, 2.45) is 5.92 Å². The molecular formula is C11H19ClN4O. The molecule has 1 aromatic rings. The number of hydrogen-bond acceptors (Lipinski definition) is 5. The molecule has 1 heterocycles. The minimum Gasteiger partial charge on any atom is -0.394 e. The third-order valence-electron chi connectivity index (χ3n) is 2.40. The van der Waals surface area contributed by atoms with Gasteiger partial charge in [-0.2, -0.15) is 4.98 Å². The number of rotatable bonds is 6. The van der Waals surface area contributed by atoms with Gasteiger partial charge in [-0.1, -0.05) is 25.4 Å². The molecule has 0 spiro atoms. The molecule has 1 atom stereocenters. The molecule has 0 saturated heterocycles. The van der Waals surface area contributed by atoms with Gasteiger partial charge in [0, 0.05) is 6.54 Å². The summed E-state index contributed by atoms with van der Waals surface area (Å²) < 4.78 is 0. The highest BCUT2D eigenvalue weighted by molar-refractivity contribution is 6.32. The quantitative estimate of drug-likeness (QED) is 0.728. The highest BCUT2D eigenvalue weighted by Gasteiger charge is 2.14. The first kappa shape index (κ1) is 14.0. The van der Waals surface area contributed by atoms with Gasteiger partial charge in [0.05, 0.1) is 18.8 Å². The summed E-state index contributed by atoms with van der Waals surface area (Å²) in [7, 11) is 0. The summed E-state index contributed by atoms with van der Waals surface area (Å²) in [5.74, 6) is 1.36. The van der Waals surface area contributed by atoms with E-state index in [9.17, 15) is 5.11 Å². The number of aromatic nitrogens is 2. The zero-order valence-corrected chi connectivity index (χ0v) is 11.1. The van der Waals surface area contributed by atoms with Gasteiger partial charge >= 0.3 is 0 Å². The molecule has 17 heavy (non-hydrogen) atoms. The van der Waals surface area contributed by atoms with Crippen LogP contribution in [0.4, 0.5) is 11.8 Å². The highest BCUT2D eigenvalue weighted by Crippen LogP contribution is 2.21. The molecule has 1 aromatic heterocycles. The number of nitrogens with zero attached hydrogens (tertiary/aromatic N) is 2. The van der Waals surface area contributed by atoms with Crippen LogP contribution in [-0.2, 0) is 0 Å². The lowest BCUT2D eigenvalue weighted by Gasteiger charge is -2.21. The average Bonchev–Trinajstić information content (AvgIpc) is 2.29. The molecule has 0 unspecified atom stereocenters. The van der Waals surface area contributed by atoms with Gasteiger partial charge in [0.25, 0.3) is 0 Å². The van der Waals surface area contributed by atoms with Crippen molar-refractivity contribution in [1.82, 2.24) is 9.97 Å². The second kappa shape index (κ2) is 6.61. The Morgan fingerprint density at radius 1 is 1.47 bits per heavy atom. The van der Waals surface area contributed by atoms with Crippen molar-refractivity contribution in [2.75, 3.05) is 23.8 Å². The third-order valence-corrected chi connectivity index (χ3v) is 2.68. The Hall–Kier alpha value is -1.07. The van der Waals surface area contributed by atoms with Crippen LogP contribution in [0.15, 0.2) is 6.20 Å². The molecule has 6 heteroatoms. The van der Waals surface area contributed by atoms with Gasteiger partial charge in [0.15, 0.2) is 5.82 Å².